The van der Waals surface area contributed by atoms with Gasteiger partial charge in [0.2, 0.25) is 5.91 Å². The number of nitrogens with zero attached hydrogens (tertiary/aromatic N) is 1. The smallest absolute Gasteiger partial charge is 0.253 e. The van der Waals surface area contributed by atoms with Crippen LogP contribution < -0.4 is 5.32 Å². The largest absolute Gasteiger partial charge is 0.339 e. The minimum absolute atomic E-state index is 0.0157. The summed E-state index contributed by atoms with van der Waals surface area (Å²) in [5, 5.41) is 2.89. The molecule has 0 aliphatic heterocycles. The van der Waals surface area contributed by atoms with Crippen LogP contribution in [0.2, 0.25) is 0 Å². The van der Waals surface area contributed by atoms with E-state index in [0.717, 1.165) is 5.75 Å². The number of thioether (sulfide) groups is 1. The van der Waals surface area contributed by atoms with Gasteiger partial charge in [-0.15, -0.1) is 11.8 Å². The van der Waals surface area contributed by atoms with E-state index in [-0.39, 0.29) is 11.8 Å². The van der Waals surface area contributed by atoms with Gasteiger partial charge in [-0.3, -0.25) is 9.59 Å². The fourth-order valence-corrected chi connectivity index (χ4v) is 3.69. The molecule has 27 heavy (non-hydrogen) atoms. The Morgan fingerprint density at radius 3 is 2.30 bits per heavy atom. The topological polar surface area (TPSA) is 49.4 Å². The lowest BCUT2D eigenvalue weighted by Gasteiger charge is -2.18. The molecule has 4 nitrogen and oxygen atoms in total. The number of hydrogen-bond donors (Lipinski definition) is 1. The minimum atomic E-state index is -0.0341. The third-order valence-corrected chi connectivity index (χ3v) is 5.44. The number of hydrogen-bond acceptors (Lipinski definition) is 3. The van der Waals surface area contributed by atoms with E-state index >= 15 is 0 Å². The predicted octanol–water partition coefficient (Wildman–Crippen LogP) is 4.66. The molecule has 2 amide bonds. The van der Waals surface area contributed by atoms with E-state index in [9.17, 15) is 9.59 Å². The molecule has 0 aliphatic carbocycles. The van der Waals surface area contributed by atoms with Crippen molar-refractivity contribution < 1.29 is 9.59 Å². The van der Waals surface area contributed by atoms with E-state index < -0.39 is 0 Å². The van der Waals surface area contributed by atoms with Crippen molar-refractivity contribution in [1.82, 2.24) is 4.90 Å². The Morgan fingerprint density at radius 1 is 1.00 bits per heavy atom. The summed E-state index contributed by atoms with van der Waals surface area (Å²) in [6.45, 7) is 9.47. The van der Waals surface area contributed by atoms with Gasteiger partial charge in [0.15, 0.2) is 0 Å². The van der Waals surface area contributed by atoms with Crippen LogP contribution in [0.3, 0.4) is 0 Å². The van der Waals surface area contributed by atoms with Gasteiger partial charge in [-0.2, -0.15) is 0 Å². The molecular formula is C22H28N2O2S. The summed E-state index contributed by atoms with van der Waals surface area (Å²) >= 11 is 1.60. The fourth-order valence-electron chi connectivity index (χ4n) is 2.80. The zero-order valence-corrected chi connectivity index (χ0v) is 17.4. The van der Waals surface area contributed by atoms with E-state index in [1.54, 1.807) is 40.9 Å². The van der Waals surface area contributed by atoms with Gasteiger partial charge in [0, 0.05) is 30.1 Å². The van der Waals surface area contributed by atoms with Crippen LogP contribution in [0.5, 0.6) is 0 Å². The second kappa shape index (κ2) is 10.2. The van der Waals surface area contributed by atoms with Crippen LogP contribution in [0.4, 0.5) is 5.69 Å². The molecule has 144 valence electrons. The second-order valence-corrected chi connectivity index (χ2v) is 7.51. The van der Waals surface area contributed by atoms with Crippen LogP contribution in [0, 0.1) is 13.8 Å². The molecule has 0 bridgehead atoms. The molecular weight excluding hydrogens is 356 g/mol. The number of carbonyl (C=O) groups is 2. The molecule has 5 heteroatoms. The lowest BCUT2D eigenvalue weighted by atomic mass is 10.1. The van der Waals surface area contributed by atoms with E-state index in [1.165, 1.54) is 16.7 Å². The molecule has 0 unspecified atom stereocenters. The molecule has 0 heterocycles. The number of carbonyl (C=O) groups excluding carboxylic acids is 2. The summed E-state index contributed by atoms with van der Waals surface area (Å²) < 4.78 is 0. The summed E-state index contributed by atoms with van der Waals surface area (Å²) in [4.78, 5) is 26.2. The lowest BCUT2D eigenvalue weighted by Crippen LogP contribution is -2.30. The molecule has 0 saturated heterocycles. The first kappa shape index (κ1) is 21.0. The van der Waals surface area contributed by atoms with Gasteiger partial charge < -0.3 is 10.2 Å². The highest BCUT2D eigenvalue weighted by Gasteiger charge is 2.12. The molecule has 0 aliphatic rings. The van der Waals surface area contributed by atoms with Crippen LogP contribution in [0.1, 0.15) is 40.9 Å². The van der Waals surface area contributed by atoms with Gasteiger partial charge in [0.1, 0.15) is 0 Å². The Labute approximate surface area is 166 Å². The van der Waals surface area contributed by atoms with E-state index in [0.29, 0.717) is 30.1 Å². The van der Waals surface area contributed by atoms with Crippen molar-refractivity contribution >= 4 is 29.3 Å². The molecule has 0 atom stereocenters. The SMILES string of the molecule is CCN(CC)C(=O)c1ccc(NC(=O)CSCc2cc(C)ccc2C)cc1. The number of anilines is 1. The van der Waals surface area contributed by atoms with Gasteiger partial charge in [0.25, 0.3) is 5.91 Å². The molecule has 2 rings (SSSR count). The molecule has 2 aromatic rings. The Kier molecular flexibility index (Phi) is 7.92. The van der Waals surface area contributed by atoms with Crippen molar-refractivity contribution in [2.24, 2.45) is 0 Å². The Morgan fingerprint density at radius 2 is 1.67 bits per heavy atom. The second-order valence-electron chi connectivity index (χ2n) is 6.53. The highest BCUT2D eigenvalue weighted by atomic mass is 32.2. The van der Waals surface area contributed by atoms with Crippen molar-refractivity contribution in [2.45, 2.75) is 33.4 Å². The van der Waals surface area contributed by atoms with Crippen LogP contribution >= 0.6 is 11.8 Å². The highest BCUT2D eigenvalue weighted by Crippen LogP contribution is 2.18. The van der Waals surface area contributed by atoms with Crippen LogP contribution in [-0.4, -0.2) is 35.6 Å². The van der Waals surface area contributed by atoms with Gasteiger partial charge in [0.05, 0.1) is 5.75 Å². The average molecular weight is 385 g/mol. The van der Waals surface area contributed by atoms with E-state index in [2.05, 4.69) is 37.4 Å². The summed E-state index contributed by atoms with van der Waals surface area (Å²) in [6.07, 6.45) is 0. The number of benzene rings is 2. The van der Waals surface area contributed by atoms with Crippen molar-refractivity contribution in [3.8, 4) is 0 Å². The quantitative estimate of drug-likeness (QED) is 0.720. The maximum Gasteiger partial charge on any atom is 0.253 e. The third-order valence-electron chi connectivity index (χ3n) is 4.46. The van der Waals surface area contributed by atoms with E-state index in [1.807, 2.05) is 13.8 Å². The normalized spacial score (nSPS) is 10.5. The first-order valence-electron chi connectivity index (χ1n) is 9.27. The predicted molar refractivity (Wildman–Crippen MR) is 114 cm³/mol. The maximum atomic E-state index is 12.3. The van der Waals surface area contributed by atoms with E-state index in [4.69, 9.17) is 0 Å². The standard InChI is InChI=1S/C22H28N2O2S/c1-5-24(6-2)22(26)18-9-11-20(12-10-18)23-21(25)15-27-14-19-13-16(3)7-8-17(19)4/h7-13H,5-6,14-15H2,1-4H3,(H,23,25). The van der Waals surface area contributed by atoms with Gasteiger partial charge in [-0.05, 0) is 63.1 Å². The number of rotatable bonds is 8. The highest BCUT2D eigenvalue weighted by molar-refractivity contribution is 7.99. The Balaban J connectivity index is 1.85. The minimum Gasteiger partial charge on any atom is -0.339 e. The molecule has 0 fully saturated rings. The Bertz CT molecular complexity index is 783. The van der Waals surface area contributed by atoms with Crippen molar-refractivity contribution in [2.75, 3.05) is 24.2 Å². The van der Waals surface area contributed by atoms with Gasteiger partial charge in [-0.25, -0.2) is 0 Å². The number of aryl methyl sites for hydroxylation is 2. The first-order valence-corrected chi connectivity index (χ1v) is 10.4. The van der Waals surface area contributed by atoms with Crippen LogP contribution in [0.15, 0.2) is 42.5 Å². The summed E-state index contributed by atoms with van der Waals surface area (Å²) in [5.74, 6) is 1.20. The molecule has 0 spiro atoms. The summed E-state index contributed by atoms with van der Waals surface area (Å²) in [6, 6.07) is 13.5. The molecule has 0 saturated carbocycles. The zero-order valence-electron chi connectivity index (χ0n) is 16.5. The van der Waals surface area contributed by atoms with Crippen molar-refractivity contribution in [3.63, 3.8) is 0 Å². The van der Waals surface area contributed by atoms with Gasteiger partial charge in [-0.1, -0.05) is 23.8 Å². The zero-order chi connectivity index (χ0) is 19.8. The summed E-state index contributed by atoms with van der Waals surface area (Å²) in [5.41, 5.74) is 5.11. The number of amides is 2. The fraction of sp³-hybridized carbons (Fsp3) is 0.364. The molecule has 0 aromatic heterocycles. The lowest BCUT2D eigenvalue weighted by molar-refractivity contribution is -0.113. The number of nitrogens with one attached hydrogen (secondary N) is 1. The Hall–Kier alpha value is -2.27. The maximum absolute atomic E-state index is 12.3. The van der Waals surface area contributed by atoms with Gasteiger partial charge >= 0.3 is 0 Å². The average Bonchev–Trinajstić information content (AvgIpc) is 2.66. The molecule has 2 aromatic carbocycles. The monoisotopic (exact) mass is 384 g/mol. The molecule has 1 N–H and O–H groups in total. The summed E-state index contributed by atoms with van der Waals surface area (Å²) in [7, 11) is 0. The third kappa shape index (κ3) is 6.14. The van der Waals surface area contributed by atoms with Crippen LogP contribution in [0.25, 0.3) is 0 Å². The van der Waals surface area contributed by atoms with Crippen molar-refractivity contribution in [3.05, 3.63) is 64.7 Å². The van der Waals surface area contributed by atoms with Crippen LogP contribution in [-0.2, 0) is 10.5 Å². The first-order chi connectivity index (χ1) is 12.9. The van der Waals surface area contributed by atoms with Crippen molar-refractivity contribution in [1.29, 1.82) is 0 Å². The molecule has 0 radical (unpaired) electrons.